The number of aryl methyl sites for hydroxylation is 1. The van der Waals surface area contributed by atoms with Crippen molar-refractivity contribution in [1.82, 2.24) is 4.72 Å². The number of hydrogen-bond acceptors (Lipinski definition) is 3. The van der Waals surface area contributed by atoms with Crippen LogP contribution in [-0.4, -0.2) is 15.0 Å². The molecule has 102 valence electrons. The third-order valence-electron chi connectivity index (χ3n) is 2.68. The molecular weight excluding hydrogens is 346 g/mol. The van der Waals surface area contributed by atoms with Gasteiger partial charge in [-0.25, -0.2) is 13.1 Å². The van der Waals surface area contributed by atoms with Gasteiger partial charge in [0.15, 0.2) is 0 Å². The van der Waals surface area contributed by atoms with E-state index in [0.717, 1.165) is 10.0 Å². The summed E-state index contributed by atoms with van der Waals surface area (Å²) in [5.41, 5.74) is 0.904. The van der Waals surface area contributed by atoms with Crippen LogP contribution in [0.1, 0.15) is 10.4 Å². The zero-order valence-electron chi connectivity index (χ0n) is 10.4. The van der Waals surface area contributed by atoms with Gasteiger partial charge >= 0.3 is 0 Å². The zero-order chi connectivity index (χ0) is 13.9. The number of rotatable bonds is 5. The molecule has 6 heteroatoms. The Morgan fingerprint density at radius 2 is 2.11 bits per heavy atom. The Morgan fingerprint density at radius 3 is 2.74 bits per heavy atom. The fourth-order valence-electron chi connectivity index (χ4n) is 1.63. The van der Waals surface area contributed by atoms with Crippen LogP contribution in [-0.2, 0) is 16.4 Å². The normalized spacial score (nSPS) is 11.7. The average Bonchev–Trinajstić information content (AvgIpc) is 2.85. The molecule has 0 saturated carbocycles. The predicted molar refractivity (Wildman–Crippen MR) is 82.1 cm³/mol. The maximum Gasteiger partial charge on any atom is 0.240 e. The lowest BCUT2D eigenvalue weighted by molar-refractivity contribution is 0.581. The summed E-state index contributed by atoms with van der Waals surface area (Å²) in [6.45, 7) is 2.28. The van der Waals surface area contributed by atoms with Crippen molar-refractivity contribution < 1.29 is 8.42 Å². The Kier molecular flexibility index (Phi) is 4.78. The van der Waals surface area contributed by atoms with Crippen LogP contribution < -0.4 is 4.72 Å². The predicted octanol–water partition coefficient (Wildman–Crippen LogP) is 3.34. The largest absolute Gasteiger partial charge is 0.240 e. The minimum atomic E-state index is -3.42. The fraction of sp³-hybridized carbons (Fsp3) is 0.231. The molecule has 0 bridgehead atoms. The highest BCUT2D eigenvalue weighted by Gasteiger charge is 2.14. The zero-order valence-corrected chi connectivity index (χ0v) is 13.6. The first-order valence-electron chi connectivity index (χ1n) is 5.77. The molecule has 0 aliphatic carbocycles. The Balaban J connectivity index is 2.03. The quantitative estimate of drug-likeness (QED) is 0.889. The lowest BCUT2D eigenvalue weighted by Gasteiger charge is -2.07. The second-order valence-corrected chi connectivity index (χ2v) is 7.79. The molecule has 1 aromatic heterocycles. The summed E-state index contributed by atoms with van der Waals surface area (Å²) in [5.74, 6) is 0. The fourth-order valence-corrected chi connectivity index (χ4v) is 3.70. The Bertz CT molecular complexity index is 651. The monoisotopic (exact) mass is 359 g/mol. The lowest BCUT2D eigenvalue weighted by Crippen LogP contribution is -2.25. The van der Waals surface area contributed by atoms with Crippen LogP contribution in [0.5, 0.6) is 0 Å². The molecule has 0 atom stereocenters. The van der Waals surface area contributed by atoms with Gasteiger partial charge in [0.25, 0.3) is 0 Å². The third kappa shape index (κ3) is 3.89. The molecule has 3 nitrogen and oxygen atoms in total. The van der Waals surface area contributed by atoms with Crippen LogP contribution in [0, 0.1) is 6.92 Å². The first-order chi connectivity index (χ1) is 8.99. The molecule has 0 aliphatic heterocycles. The Morgan fingerprint density at radius 1 is 1.32 bits per heavy atom. The molecule has 0 fully saturated rings. The summed E-state index contributed by atoms with van der Waals surface area (Å²) in [4.78, 5) is 1.48. The van der Waals surface area contributed by atoms with Crippen LogP contribution in [0.15, 0.2) is 45.1 Å². The second-order valence-electron chi connectivity index (χ2n) is 4.14. The smallest absolute Gasteiger partial charge is 0.211 e. The summed E-state index contributed by atoms with van der Waals surface area (Å²) in [6, 6.07) is 8.99. The molecule has 0 spiro atoms. The molecule has 0 radical (unpaired) electrons. The maximum atomic E-state index is 12.1. The van der Waals surface area contributed by atoms with E-state index in [0.29, 0.717) is 17.9 Å². The van der Waals surface area contributed by atoms with Crippen molar-refractivity contribution in [2.75, 3.05) is 6.54 Å². The van der Waals surface area contributed by atoms with E-state index < -0.39 is 10.0 Å². The molecule has 19 heavy (non-hydrogen) atoms. The van der Waals surface area contributed by atoms with E-state index in [4.69, 9.17) is 0 Å². The molecule has 1 heterocycles. The minimum absolute atomic E-state index is 0.305. The SMILES string of the molecule is Cc1cc(S(=O)(=O)NCCc2cccs2)ccc1Br. The molecule has 0 unspecified atom stereocenters. The van der Waals surface area contributed by atoms with Gasteiger partial charge in [-0.2, -0.15) is 0 Å². The molecule has 0 amide bonds. The van der Waals surface area contributed by atoms with Crippen LogP contribution in [0.25, 0.3) is 0 Å². The molecule has 2 rings (SSSR count). The molecule has 2 aromatic rings. The van der Waals surface area contributed by atoms with Gasteiger partial charge in [-0.05, 0) is 48.6 Å². The summed E-state index contributed by atoms with van der Waals surface area (Å²) >= 11 is 4.99. The van der Waals surface area contributed by atoms with E-state index >= 15 is 0 Å². The van der Waals surface area contributed by atoms with Gasteiger partial charge in [0, 0.05) is 15.9 Å². The van der Waals surface area contributed by atoms with Crippen molar-refractivity contribution in [2.45, 2.75) is 18.2 Å². The average molecular weight is 360 g/mol. The second kappa shape index (κ2) is 6.17. The topological polar surface area (TPSA) is 46.2 Å². The van der Waals surface area contributed by atoms with E-state index in [-0.39, 0.29) is 0 Å². The number of thiophene rings is 1. The van der Waals surface area contributed by atoms with Crippen molar-refractivity contribution in [1.29, 1.82) is 0 Å². The van der Waals surface area contributed by atoms with Crippen LogP contribution in [0.2, 0.25) is 0 Å². The van der Waals surface area contributed by atoms with Crippen molar-refractivity contribution in [3.05, 3.63) is 50.6 Å². The van der Waals surface area contributed by atoms with E-state index in [1.807, 2.05) is 24.4 Å². The third-order valence-corrected chi connectivity index (χ3v) is 5.97. The minimum Gasteiger partial charge on any atom is -0.211 e. The Hall–Kier alpha value is -0.690. The highest BCUT2D eigenvalue weighted by atomic mass is 79.9. The first-order valence-corrected chi connectivity index (χ1v) is 8.93. The van der Waals surface area contributed by atoms with Crippen LogP contribution in [0.4, 0.5) is 0 Å². The van der Waals surface area contributed by atoms with Crippen molar-refractivity contribution in [3.8, 4) is 0 Å². The van der Waals surface area contributed by atoms with E-state index in [1.54, 1.807) is 29.5 Å². The lowest BCUT2D eigenvalue weighted by atomic mass is 10.2. The summed E-state index contributed by atoms with van der Waals surface area (Å²) < 4.78 is 27.7. The first kappa shape index (κ1) is 14.7. The van der Waals surface area contributed by atoms with E-state index in [9.17, 15) is 8.42 Å². The van der Waals surface area contributed by atoms with E-state index in [1.165, 1.54) is 4.88 Å². The van der Waals surface area contributed by atoms with Gasteiger partial charge in [-0.3, -0.25) is 0 Å². The summed E-state index contributed by atoms with van der Waals surface area (Å²) in [7, 11) is -3.42. The number of halogens is 1. The van der Waals surface area contributed by atoms with Gasteiger partial charge in [-0.1, -0.05) is 22.0 Å². The van der Waals surface area contributed by atoms with E-state index in [2.05, 4.69) is 20.7 Å². The maximum absolute atomic E-state index is 12.1. The highest BCUT2D eigenvalue weighted by molar-refractivity contribution is 9.10. The molecular formula is C13H14BrNO2S2. The van der Waals surface area contributed by atoms with Crippen LogP contribution in [0.3, 0.4) is 0 Å². The van der Waals surface area contributed by atoms with Crippen molar-refractivity contribution in [3.63, 3.8) is 0 Å². The number of hydrogen-bond donors (Lipinski definition) is 1. The van der Waals surface area contributed by atoms with Gasteiger partial charge in [0.1, 0.15) is 0 Å². The van der Waals surface area contributed by atoms with Crippen molar-refractivity contribution in [2.24, 2.45) is 0 Å². The number of nitrogens with one attached hydrogen (secondary N) is 1. The summed E-state index contributed by atoms with van der Waals surface area (Å²) in [6.07, 6.45) is 0.715. The van der Waals surface area contributed by atoms with Gasteiger partial charge in [0.2, 0.25) is 10.0 Å². The highest BCUT2D eigenvalue weighted by Crippen LogP contribution is 2.20. The standard InChI is InChI=1S/C13H14BrNO2S2/c1-10-9-12(4-5-13(10)14)19(16,17)15-7-6-11-3-2-8-18-11/h2-5,8-9,15H,6-7H2,1H3. The molecule has 0 saturated heterocycles. The van der Waals surface area contributed by atoms with Gasteiger partial charge < -0.3 is 0 Å². The number of benzene rings is 1. The molecule has 0 aliphatic rings. The molecule has 1 N–H and O–H groups in total. The Labute approximate surface area is 125 Å². The van der Waals surface area contributed by atoms with Gasteiger partial charge in [0.05, 0.1) is 4.90 Å². The van der Waals surface area contributed by atoms with Crippen LogP contribution >= 0.6 is 27.3 Å². The summed E-state index contributed by atoms with van der Waals surface area (Å²) in [5, 5.41) is 1.99. The van der Waals surface area contributed by atoms with Crippen molar-refractivity contribution >= 4 is 37.3 Å². The molecule has 1 aromatic carbocycles. The van der Waals surface area contributed by atoms with Gasteiger partial charge in [-0.15, -0.1) is 11.3 Å². The number of sulfonamides is 1.